The first-order valence-electron chi connectivity index (χ1n) is 25.9. The first-order valence-corrected chi connectivity index (χ1v) is 25.9. The average Bonchev–Trinajstić information content (AvgIpc) is 3.22. The van der Waals surface area contributed by atoms with Crippen LogP contribution in [0.5, 0.6) is 0 Å². The SMILES string of the molecule is CCCCCCCC/C=C\CCCCCCCC(=O)[O-].CCCCCCCC/C=C\CCCCCCCC(=O)[O-].CCCCCCCC/C=C\CCCCCCCC(=O)[O-].[Cr+3]. The van der Waals surface area contributed by atoms with Crippen LogP contribution in [0.15, 0.2) is 36.5 Å². The van der Waals surface area contributed by atoms with E-state index in [1.54, 1.807) is 0 Å². The molecule has 0 N–H and O–H groups in total. The molecule has 6 nitrogen and oxygen atoms in total. The van der Waals surface area contributed by atoms with Gasteiger partial charge in [-0.25, -0.2) is 0 Å². The number of rotatable bonds is 45. The van der Waals surface area contributed by atoms with Crippen molar-refractivity contribution in [3.05, 3.63) is 36.5 Å². The summed E-state index contributed by atoms with van der Waals surface area (Å²) >= 11 is 0. The van der Waals surface area contributed by atoms with Crippen molar-refractivity contribution in [1.82, 2.24) is 0 Å². The summed E-state index contributed by atoms with van der Waals surface area (Å²) in [4.78, 5) is 30.6. The van der Waals surface area contributed by atoms with Gasteiger partial charge in [-0.1, -0.05) is 211 Å². The molecule has 0 saturated carbocycles. The van der Waals surface area contributed by atoms with E-state index in [4.69, 9.17) is 0 Å². The molecule has 0 atom stereocenters. The van der Waals surface area contributed by atoms with Gasteiger partial charge in [0.05, 0.1) is 0 Å². The molecule has 0 aromatic carbocycles. The summed E-state index contributed by atoms with van der Waals surface area (Å²) in [5.74, 6) is -2.74. The van der Waals surface area contributed by atoms with Crippen molar-refractivity contribution < 1.29 is 47.1 Å². The van der Waals surface area contributed by atoms with Crippen LogP contribution in [0.2, 0.25) is 0 Å². The number of hydrogen-bond acceptors (Lipinski definition) is 6. The summed E-state index contributed by atoms with van der Waals surface area (Å²) < 4.78 is 0. The number of allylic oxidation sites excluding steroid dienone is 6. The topological polar surface area (TPSA) is 120 Å². The Morgan fingerprint density at radius 3 is 0.574 bits per heavy atom. The van der Waals surface area contributed by atoms with Crippen molar-refractivity contribution in [3.63, 3.8) is 0 Å². The van der Waals surface area contributed by atoms with E-state index in [1.807, 2.05) is 0 Å². The Bertz CT molecular complexity index is 827. The van der Waals surface area contributed by atoms with Crippen LogP contribution in [0.4, 0.5) is 0 Å². The van der Waals surface area contributed by atoms with Crippen LogP contribution in [0.25, 0.3) is 0 Å². The summed E-state index contributed by atoms with van der Waals surface area (Å²) in [5.41, 5.74) is 0. The fraction of sp³-hybridized carbons (Fsp3) is 0.833. The van der Waals surface area contributed by atoms with Crippen molar-refractivity contribution in [2.45, 2.75) is 290 Å². The Kier molecular flexibility index (Phi) is 67.3. The number of hydrogen-bond donors (Lipinski definition) is 0. The number of carboxylic acids is 3. The summed E-state index contributed by atoms with van der Waals surface area (Å²) in [6.45, 7) is 6.77. The molecule has 0 amide bonds. The fourth-order valence-corrected chi connectivity index (χ4v) is 7.02. The zero-order chi connectivity index (χ0) is 44.7. The van der Waals surface area contributed by atoms with Gasteiger partial charge in [0.15, 0.2) is 0 Å². The molecule has 357 valence electrons. The summed E-state index contributed by atoms with van der Waals surface area (Å²) in [6.07, 6.45) is 62.7. The second-order valence-corrected chi connectivity index (χ2v) is 17.1. The van der Waals surface area contributed by atoms with Gasteiger partial charge < -0.3 is 29.7 Å². The Morgan fingerprint density at radius 2 is 0.410 bits per heavy atom. The maximum atomic E-state index is 10.2. The van der Waals surface area contributed by atoms with Crippen LogP contribution in [-0.2, 0) is 31.7 Å². The average molecular weight is 896 g/mol. The molecular weight excluding hydrogens is 797 g/mol. The van der Waals surface area contributed by atoms with Crippen molar-refractivity contribution in [3.8, 4) is 0 Å². The van der Waals surface area contributed by atoms with Crippen molar-refractivity contribution in [2.75, 3.05) is 0 Å². The minimum absolute atomic E-state index is 0. The number of aliphatic carboxylic acids is 3. The van der Waals surface area contributed by atoms with E-state index < -0.39 is 17.9 Å². The quantitative estimate of drug-likeness (QED) is 0.0443. The molecule has 0 aliphatic rings. The third-order valence-corrected chi connectivity index (χ3v) is 10.9. The van der Waals surface area contributed by atoms with Gasteiger partial charge in [-0.2, -0.15) is 0 Å². The normalized spacial score (nSPS) is 11.1. The van der Waals surface area contributed by atoms with E-state index in [1.165, 1.54) is 193 Å². The van der Waals surface area contributed by atoms with Crippen LogP contribution in [0.1, 0.15) is 290 Å². The minimum atomic E-state index is -0.914. The van der Waals surface area contributed by atoms with E-state index in [0.29, 0.717) is 0 Å². The molecule has 0 spiro atoms. The van der Waals surface area contributed by atoms with Gasteiger partial charge in [0.25, 0.3) is 0 Å². The van der Waals surface area contributed by atoms with Crippen molar-refractivity contribution >= 4 is 17.9 Å². The van der Waals surface area contributed by atoms with E-state index in [-0.39, 0.29) is 36.6 Å². The Labute approximate surface area is 390 Å². The largest absolute Gasteiger partial charge is 3.00 e. The number of unbranched alkanes of at least 4 members (excludes halogenated alkanes) is 33. The van der Waals surface area contributed by atoms with E-state index in [2.05, 4.69) is 57.2 Å². The molecule has 0 fully saturated rings. The first kappa shape index (κ1) is 65.8. The maximum absolute atomic E-state index is 10.2. The smallest absolute Gasteiger partial charge is 0.550 e. The third kappa shape index (κ3) is 75.9. The van der Waals surface area contributed by atoms with E-state index in [0.717, 1.165) is 57.8 Å². The molecule has 0 saturated heterocycles. The van der Waals surface area contributed by atoms with Gasteiger partial charge in [-0.3, -0.25) is 0 Å². The molecule has 0 heterocycles. The molecule has 0 aliphatic heterocycles. The maximum Gasteiger partial charge on any atom is 3.00 e. The molecule has 0 aromatic rings. The second kappa shape index (κ2) is 62.5. The summed E-state index contributed by atoms with van der Waals surface area (Å²) in [5, 5.41) is 30.6. The van der Waals surface area contributed by atoms with Gasteiger partial charge >= 0.3 is 17.4 Å². The monoisotopic (exact) mass is 896 g/mol. The fourth-order valence-electron chi connectivity index (χ4n) is 7.02. The number of carboxylic acid groups (broad SMARTS) is 3. The second-order valence-electron chi connectivity index (χ2n) is 17.1. The Balaban J connectivity index is -0.000000396. The van der Waals surface area contributed by atoms with Crippen molar-refractivity contribution in [2.24, 2.45) is 0 Å². The summed E-state index contributed by atoms with van der Waals surface area (Å²) in [6, 6.07) is 0. The first-order chi connectivity index (χ1) is 29.3. The molecule has 1 radical (unpaired) electrons. The predicted octanol–water partition coefficient (Wildman–Crippen LogP) is 14.3. The van der Waals surface area contributed by atoms with E-state index >= 15 is 0 Å². The number of carbonyl (C=O) groups excluding carboxylic acids is 3. The molecule has 0 unspecified atom stereocenters. The predicted molar refractivity (Wildman–Crippen MR) is 253 cm³/mol. The Morgan fingerprint density at radius 1 is 0.262 bits per heavy atom. The Hall–Kier alpha value is -1.84. The van der Waals surface area contributed by atoms with Crippen molar-refractivity contribution in [1.29, 1.82) is 0 Å². The minimum Gasteiger partial charge on any atom is -0.550 e. The molecule has 61 heavy (non-hydrogen) atoms. The van der Waals surface area contributed by atoms with Gasteiger partial charge in [-0.05, 0) is 116 Å². The van der Waals surface area contributed by atoms with Crippen LogP contribution >= 0.6 is 0 Å². The van der Waals surface area contributed by atoms with Crippen LogP contribution in [0, 0.1) is 0 Å². The zero-order valence-corrected chi connectivity index (χ0v) is 41.8. The molecule has 0 aliphatic carbocycles. The van der Waals surface area contributed by atoms with Gasteiger partial charge in [0.1, 0.15) is 0 Å². The van der Waals surface area contributed by atoms with Gasteiger partial charge in [-0.15, -0.1) is 0 Å². The van der Waals surface area contributed by atoms with Crippen LogP contribution in [-0.4, -0.2) is 17.9 Å². The molecular formula is C54H99CrO6. The van der Waals surface area contributed by atoms with Gasteiger partial charge in [0, 0.05) is 17.9 Å². The molecule has 7 heteroatoms. The third-order valence-electron chi connectivity index (χ3n) is 10.9. The molecule has 0 bridgehead atoms. The molecule has 0 rings (SSSR count). The standard InChI is InChI=1S/3C18H34O2.Cr/c3*1-2-3-4-5-6-7-8-9-10-11-12-13-14-15-16-17-18(19)20;/h3*9-10H,2-8,11-17H2,1H3,(H,19,20);/q;;;+3/p-3/b3*10-9-;. The number of carbonyl (C=O) groups is 3. The van der Waals surface area contributed by atoms with E-state index in [9.17, 15) is 29.7 Å². The van der Waals surface area contributed by atoms with Gasteiger partial charge in [0.2, 0.25) is 0 Å². The van der Waals surface area contributed by atoms with Crippen LogP contribution < -0.4 is 15.3 Å². The summed E-state index contributed by atoms with van der Waals surface area (Å²) in [7, 11) is 0. The van der Waals surface area contributed by atoms with Crippen LogP contribution in [0.3, 0.4) is 0 Å². The molecule has 0 aromatic heterocycles. The zero-order valence-electron chi connectivity index (χ0n) is 40.5.